The summed E-state index contributed by atoms with van der Waals surface area (Å²) in [7, 11) is 0. The quantitative estimate of drug-likeness (QED) is 0.330. The Bertz CT molecular complexity index is 409. The van der Waals surface area contributed by atoms with Crippen molar-refractivity contribution in [3.05, 3.63) is 0 Å². The summed E-state index contributed by atoms with van der Waals surface area (Å²) in [5.74, 6) is -6.81. The van der Waals surface area contributed by atoms with Crippen LogP contribution in [-0.4, -0.2) is 47.5 Å². The molecule has 0 aliphatic heterocycles. The zero-order chi connectivity index (χ0) is 15.9. The Kier molecular flexibility index (Phi) is 33.8. The molecule has 0 fully saturated rings. The number of aliphatic carboxylic acids is 4. The Morgan fingerprint density at radius 2 is 1.16 bits per heavy atom. The van der Waals surface area contributed by atoms with Gasteiger partial charge in [-0.15, -0.1) is 0 Å². The molecule has 15 heteroatoms. The van der Waals surface area contributed by atoms with Crippen molar-refractivity contribution < 1.29 is 163 Å². The van der Waals surface area contributed by atoms with E-state index in [1.165, 1.54) is 0 Å². The molecule has 0 radical (unpaired) electrons. The van der Waals surface area contributed by atoms with E-state index in [0.29, 0.717) is 0 Å². The number of rotatable bonds is 10. The summed E-state index contributed by atoms with van der Waals surface area (Å²) in [5.41, 5.74) is 3.39. The first kappa shape index (κ1) is 41.2. The molecule has 0 aromatic rings. The third-order valence-electron chi connectivity index (χ3n) is 2.60. The number of hydrogen-bond acceptors (Lipinski definition) is 10. The fraction of sp³-hybridized carbons (Fsp3) is 0.600. The van der Waals surface area contributed by atoms with Crippen LogP contribution in [0.3, 0.4) is 0 Å². The topological polar surface area (TPSA) is 230 Å². The maximum absolute atomic E-state index is 10.7. The van der Waals surface area contributed by atoms with E-state index in [-0.39, 0.29) is 124 Å². The van der Waals surface area contributed by atoms with Crippen LogP contribution >= 0.6 is 0 Å². The molecule has 1 atom stereocenters. The van der Waals surface area contributed by atoms with Crippen LogP contribution in [0.4, 0.5) is 0 Å². The van der Waals surface area contributed by atoms with Gasteiger partial charge in [0.25, 0.3) is 0 Å². The maximum atomic E-state index is 10.7. The van der Waals surface area contributed by atoms with E-state index in [9.17, 15) is 39.6 Å². The van der Waals surface area contributed by atoms with Crippen LogP contribution in [0.5, 0.6) is 0 Å². The van der Waals surface area contributed by atoms with Crippen LogP contribution in [0.2, 0.25) is 0 Å². The standard InChI is InChI=1S/C10H16N2O8.4Na.H2O/c11-5(1-6(13)14)10(2-7(15)16,3-8(17)18)12-4-9(19)20;;;;;/h5,12H,1-4,11H2,(H,13,14)(H,15,16)(H,17,18)(H,19,20);;;;;1H2/q;4*+1;/p-4. The summed E-state index contributed by atoms with van der Waals surface area (Å²) in [6, 6.07) is -1.55. The molecule has 122 valence electrons. The van der Waals surface area contributed by atoms with Gasteiger partial charge in [-0.2, -0.15) is 0 Å². The minimum absolute atomic E-state index is 0. The van der Waals surface area contributed by atoms with Gasteiger partial charge in [-0.25, -0.2) is 0 Å². The molecule has 0 aliphatic carbocycles. The Labute approximate surface area is 232 Å². The van der Waals surface area contributed by atoms with Gasteiger partial charge < -0.3 is 56.1 Å². The Morgan fingerprint density at radius 1 is 0.800 bits per heavy atom. The van der Waals surface area contributed by atoms with Crippen molar-refractivity contribution in [2.45, 2.75) is 30.8 Å². The number of nitrogens with one attached hydrogen (secondary N) is 1. The second kappa shape index (κ2) is 20.5. The van der Waals surface area contributed by atoms with Gasteiger partial charge in [0.15, 0.2) is 0 Å². The smallest absolute Gasteiger partial charge is 0.550 e. The molecule has 0 bridgehead atoms. The third-order valence-corrected chi connectivity index (χ3v) is 2.60. The van der Waals surface area contributed by atoms with E-state index in [0.717, 1.165) is 0 Å². The molecule has 0 aromatic heterocycles. The minimum atomic E-state index is -2.07. The van der Waals surface area contributed by atoms with E-state index in [1.54, 1.807) is 0 Å². The number of nitrogens with two attached hydrogens (primary N) is 1. The normalized spacial score (nSPS) is 10.1. The first-order chi connectivity index (χ1) is 9.09. The Hall–Kier alpha value is 1.76. The molecular weight excluding hydrogens is 384 g/mol. The van der Waals surface area contributed by atoms with Gasteiger partial charge in [-0.05, 0) is 0 Å². The molecule has 0 saturated carbocycles. The average molecular weight is 398 g/mol. The summed E-state index contributed by atoms with van der Waals surface area (Å²) >= 11 is 0. The Balaban J connectivity index is -0.000000180. The van der Waals surface area contributed by atoms with Crippen molar-refractivity contribution in [2.24, 2.45) is 5.73 Å². The molecule has 0 heterocycles. The molecule has 0 spiro atoms. The molecule has 1 unspecified atom stereocenters. The van der Waals surface area contributed by atoms with Gasteiger partial charge in [0.05, 0.1) is 5.97 Å². The molecule has 0 aliphatic rings. The summed E-state index contributed by atoms with van der Waals surface area (Å²) in [4.78, 5) is 42.3. The number of carbonyl (C=O) groups is 4. The van der Waals surface area contributed by atoms with E-state index < -0.39 is 61.3 Å². The predicted octanol–water partition coefficient (Wildman–Crippen LogP) is -20.0. The SMILES string of the molecule is NC(CC(=O)[O-])C(CC(=O)[O-])(CC(=O)[O-])NCC(=O)[O-].O.[Na+].[Na+].[Na+].[Na+]. The monoisotopic (exact) mass is 398 g/mol. The molecule has 11 nitrogen and oxygen atoms in total. The zero-order valence-electron chi connectivity index (χ0n) is 14.7. The van der Waals surface area contributed by atoms with Gasteiger partial charge in [0, 0.05) is 55.3 Å². The number of carboxylic acids is 4. The van der Waals surface area contributed by atoms with Crippen LogP contribution in [0, 0.1) is 0 Å². The average Bonchev–Trinajstić information content (AvgIpc) is 2.23. The summed E-state index contributed by atoms with van der Waals surface area (Å²) in [6.45, 7) is -0.929. The van der Waals surface area contributed by atoms with Crippen molar-refractivity contribution in [1.82, 2.24) is 5.32 Å². The zero-order valence-corrected chi connectivity index (χ0v) is 22.7. The Morgan fingerprint density at radius 3 is 1.40 bits per heavy atom. The second-order valence-corrected chi connectivity index (χ2v) is 4.16. The van der Waals surface area contributed by atoms with Crippen molar-refractivity contribution in [3.63, 3.8) is 0 Å². The van der Waals surface area contributed by atoms with Crippen molar-refractivity contribution in [1.29, 1.82) is 0 Å². The molecule has 0 amide bonds. The van der Waals surface area contributed by atoms with Gasteiger partial charge in [-0.3, -0.25) is 0 Å². The summed E-state index contributed by atoms with van der Waals surface area (Å²) in [6.07, 6.45) is -2.94. The molecule has 25 heavy (non-hydrogen) atoms. The van der Waals surface area contributed by atoms with Crippen LogP contribution < -0.4 is 150 Å². The van der Waals surface area contributed by atoms with E-state index in [4.69, 9.17) is 5.73 Å². The van der Waals surface area contributed by atoms with E-state index in [1.807, 2.05) is 0 Å². The van der Waals surface area contributed by atoms with Gasteiger partial charge in [0.1, 0.15) is 0 Å². The second-order valence-electron chi connectivity index (χ2n) is 4.16. The van der Waals surface area contributed by atoms with Gasteiger partial charge in [-0.1, -0.05) is 0 Å². The van der Waals surface area contributed by atoms with Gasteiger partial charge >= 0.3 is 118 Å². The predicted molar refractivity (Wildman–Crippen MR) is 56.2 cm³/mol. The molecule has 0 rings (SSSR count). The van der Waals surface area contributed by atoms with Crippen molar-refractivity contribution >= 4 is 23.9 Å². The first-order valence-electron chi connectivity index (χ1n) is 5.39. The van der Waals surface area contributed by atoms with E-state index >= 15 is 0 Å². The number of carboxylic acid groups (broad SMARTS) is 4. The number of carbonyl (C=O) groups excluding carboxylic acids is 4. The van der Waals surface area contributed by atoms with Crippen LogP contribution in [0.15, 0.2) is 0 Å². The van der Waals surface area contributed by atoms with Crippen molar-refractivity contribution in [3.8, 4) is 0 Å². The molecular formula is C10H14N2Na4O9. The van der Waals surface area contributed by atoms with Crippen LogP contribution in [0.25, 0.3) is 0 Å². The summed E-state index contributed by atoms with van der Waals surface area (Å²) in [5, 5.41) is 44.3. The molecule has 0 saturated heterocycles. The minimum Gasteiger partial charge on any atom is -0.550 e. The summed E-state index contributed by atoms with van der Waals surface area (Å²) < 4.78 is 0. The molecule has 5 N–H and O–H groups in total. The van der Waals surface area contributed by atoms with E-state index in [2.05, 4.69) is 5.32 Å². The number of hydrogen-bond donors (Lipinski definition) is 2. The van der Waals surface area contributed by atoms with Crippen molar-refractivity contribution in [2.75, 3.05) is 6.54 Å². The van der Waals surface area contributed by atoms with Crippen LogP contribution in [-0.2, 0) is 19.2 Å². The fourth-order valence-corrected chi connectivity index (χ4v) is 1.72. The fourth-order valence-electron chi connectivity index (χ4n) is 1.72. The third kappa shape index (κ3) is 18.9. The van der Waals surface area contributed by atoms with Gasteiger partial charge in [0.2, 0.25) is 0 Å². The first-order valence-corrected chi connectivity index (χ1v) is 5.39. The maximum Gasteiger partial charge on any atom is 1.00 e. The van der Waals surface area contributed by atoms with Crippen LogP contribution in [0.1, 0.15) is 19.3 Å². The molecule has 0 aromatic carbocycles. The largest absolute Gasteiger partial charge is 1.00 e.